The van der Waals surface area contributed by atoms with Crippen LogP contribution in [-0.4, -0.2) is 16.8 Å². The minimum atomic E-state index is -4.09. The number of hydrogen-bond donors (Lipinski definition) is 3. The van der Waals surface area contributed by atoms with Gasteiger partial charge >= 0.3 is 0 Å². The molecule has 2 rings (SSSR count). The molecule has 0 amide bonds. The molecule has 19 heavy (non-hydrogen) atoms. The largest absolute Gasteiger partial charge is 0.399 e. The number of nitrogens with two attached hydrogens (primary N) is 3. The third kappa shape index (κ3) is 2.68. The van der Waals surface area contributed by atoms with Gasteiger partial charge in [0, 0.05) is 11.1 Å². The van der Waals surface area contributed by atoms with E-state index in [1.807, 2.05) is 0 Å². The second-order valence-corrected chi connectivity index (χ2v) is 7.08. The Morgan fingerprint density at radius 2 is 1.47 bits per heavy atom. The Bertz CT molecular complexity index is 873. The normalized spacial score (nSPS) is 12.7. The first-order valence-electron chi connectivity index (χ1n) is 4.98. The van der Waals surface area contributed by atoms with Gasteiger partial charge in [-0.05, 0) is 29.7 Å². The van der Waals surface area contributed by atoms with Crippen LogP contribution in [0.1, 0.15) is 0 Å². The van der Waals surface area contributed by atoms with Crippen molar-refractivity contribution in [2.75, 3.05) is 5.73 Å². The molecule has 9 heteroatoms. The molecule has 2 aromatic rings. The van der Waals surface area contributed by atoms with Crippen molar-refractivity contribution < 1.29 is 16.8 Å². The van der Waals surface area contributed by atoms with E-state index in [9.17, 15) is 16.8 Å². The molecule has 0 aromatic heterocycles. The number of hydrogen-bond acceptors (Lipinski definition) is 5. The van der Waals surface area contributed by atoms with Crippen LogP contribution >= 0.6 is 0 Å². The fraction of sp³-hybridized carbons (Fsp3) is 0. The van der Waals surface area contributed by atoms with Gasteiger partial charge < -0.3 is 5.73 Å². The average Bonchev–Trinajstić information content (AvgIpc) is 2.24. The standard InChI is InChI=1S/C10H11N3O4S2/c11-7-1-2-9-6(3-7)4-8(18(12,14)15)5-10(9)19(13,16)17/h1-5H,11H2,(H2,12,14,15)(H2,13,16,17). The molecule has 0 saturated heterocycles. The van der Waals surface area contributed by atoms with Crippen LogP contribution in [-0.2, 0) is 20.0 Å². The molecular formula is C10H11N3O4S2. The zero-order chi connectivity index (χ0) is 14.4. The second kappa shape index (κ2) is 4.17. The molecular weight excluding hydrogens is 290 g/mol. The van der Waals surface area contributed by atoms with Gasteiger partial charge in [-0.3, -0.25) is 0 Å². The van der Waals surface area contributed by atoms with Gasteiger partial charge in [-0.2, -0.15) is 0 Å². The van der Waals surface area contributed by atoms with E-state index < -0.39 is 20.0 Å². The minimum Gasteiger partial charge on any atom is -0.399 e. The number of sulfonamides is 2. The molecule has 6 N–H and O–H groups in total. The highest BCUT2D eigenvalue weighted by Gasteiger charge is 2.18. The molecule has 0 saturated carbocycles. The van der Waals surface area contributed by atoms with Crippen LogP contribution in [0.15, 0.2) is 40.1 Å². The maximum Gasteiger partial charge on any atom is 0.238 e. The minimum absolute atomic E-state index is 0.282. The van der Waals surface area contributed by atoms with Gasteiger partial charge in [-0.15, -0.1) is 0 Å². The summed E-state index contributed by atoms with van der Waals surface area (Å²) in [6.07, 6.45) is 0. The number of fused-ring (bicyclic) bond motifs is 1. The van der Waals surface area contributed by atoms with Crippen molar-refractivity contribution in [1.82, 2.24) is 0 Å². The number of benzene rings is 2. The second-order valence-electron chi connectivity index (χ2n) is 3.99. The lowest BCUT2D eigenvalue weighted by atomic mass is 10.1. The molecule has 0 fully saturated rings. The zero-order valence-electron chi connectivity index (χ0n) is 9.57. The van der Waals surface area contributed by atoms with Crippen molar-refractivity contribution in [3.05, 3.63) is 30.3 Å². The van der Waals surface area contributed by atoms with E-state index in [-0.39, 0.29) is 15.2 Å². The van der Waals surface area contributed by atoms with Crippen molar-refractivity contribution >= 4 is 36.5 Å². The van der Waals surface area contributed by atoms with E-state index in [0.29, 0.717) is 11.1 Å². The van der Waals surface area contributed by atoms with Crippen LogP contribution in [0, 0.1) is 0 Å². The molecule has 0 spiro atoms. The third-order valence-corrected chi connectivity index (χ3v) is 4.39. The zero-order valence-corrected chi connectivity index (χ0v) is 11.2. The Balaban J connectivity index is 3.01. The van der Waals surface area contributed by atoms with E-state index in [4.69, 9.17) is 16.0 Å². The third-order valence-electron chi connectivity index (χ3n) is 2.55. The Morgan fingerprint density at radius 3 is 2.00 bits per heavy atom. The lowest BCUT2D eigenvalue weighted by Crippen LogP contribution is -2.16. The van der Waals surface area contributed by atoms with Crippen LogP contribution < -0.4 is 16.0 Å². The first kappa shape index (κ1) is 13.7. The highest BCUT2D eigenvalue weighted by Crippen LogP contribution is 2.27. The van der Waals surface area contributed by atoms with Gasteiger partial charge in [0.25, 0.3) is 0 Å². The fourth-order valence-corrected chi connectivity index (χ4v) is 3.16. The van der Waals surface area contributed by atoms with Crippen molar-refractivity contribution in [3.8, 4) is 0 Å². The molecule has 0 aliphatic heterocycles. The molecule has 102 valence electrons. The van der Waals surface area contributed by atoms with Crippen LogP contribution in [0.25, 0.3) is 10.8 Å². The van der Waals surface area contributed by atoms with Crippen LogP contribution in [0.3, 0.4) is 0 Å². The summed E-state index contributed by atoms with van der Waals surface area (Å²) in [6, 6.07) is 6.57. The van der Waals surface area contributed by atoms with Gasteiger partial charge in [0.05, 0.1) is 9.79 Å². The molecule has 0 aliphatic carbocycles. The number of primary sulfonamides is 2. The first-order chi connectivity index (χ1) is 8.59. The van der Waals surface area contributed by atoms with Gasteiger partial charge in [0.15, 0.2) is 0 Å². The first-order valence-corrected chi connectivity index (χ1v) is 8.07. The summed E-state index contributed by atoms with van der Waals surface area (Å²) in [5.74, 6) is 0. The summed E-state index contributed by atoms with van der Waals surface area (Å²) in [4.78, 5) is -0.649. The number of anilines is 1. The van der Waals surface area contributed by atoms with Crippen molar-refractivity contribution in [2.45, 2.75) is 9.79 Å². The molecule has 2 aromatic carbocycles. The summed E-state index contributed by atoms with van der Waals surface area (Å²) in [5, 5.41) is 10.7. The molecule has 0 atom stereocenters. The van der Waals surface area contributed by atoms with Crippen molar-refractivity contribution in [2.24, 2.45) is 10.3 Å². The van der Waals surface area contributed by atoms with E-state index in [2.05, 4.69) is 0 Å². The Hall–Kier alpha value is -1.68. The Kier molecular flexibility index (Phi) is 3.01. The van der Waals surface area contributed by atoms with E-state index in [0.717, 1.165) is 6.07 Å². The monoisotopic (exact) mass is 301 g/mol. The summed E-state index contributed by atoms with van der Waals surface area (Å²) in [7, 11) is -8.14. The molecule has 0 radical (unpaired) electrons. The lowest BCUT2D eigenvalue weighted by molar-refractivity contribution is 0.596. The van der Waals surface area contributed by atoms with Gasteiger partial charge in [-0.1, -0.05) is 6.07 Å². The number of nitrogen functional groups attached to an aromatic ring is 1. The summed E-state index contributed by atoms with van der Waals surface area (Å²) < 4.78 is 45.7. The van der Waals surface area contributed by atoms with E-state index >= 15 is 0 Å². The average molecular weight is 301 g/mol. The fourth-order valence-electron chi connectivity index (χ4n) is 1.73. The van der Waals surface area contributed by atoms with E-state index in [1.165, 1.54) is 24.3 Å². The van der Waals surface area contributed by atoms with Gasteiger partial charge in [-0.25, -0.2) is 27.1 Å². The quantitative estimate of drug-likeness (QED) is 0.652. The summed E-state index contributed by atoms with van der Waals surface area (Å²) >= 11 is 0. The SMILES string of the molecule is Nc1ccc2c(S(N)(=O)=O)cc(S(N)(=O)=O)cc2c1. The maximum absolute atomic E-state index is 11.5. The van der Waals surface area contributed by atoms with Gasteiger partial charge in [0.2, 0.25) is 20.0 Å². The Morgan fingerprint density at radius 1 is 0.842 bits per heavy atom. The van der Waals surface area contributed by atoms with E-state index in [1.54, 1.807) is 0 Å². The summed E-state index contributed by atoms with van der Waals surface area (Å²) in [5.41, 5.74) is 5.94. The molecule has 0 bridgehead atoms. The predicted molar refractivity (Wildman–Crippen MR) is 71.1 cm³/mol. The molecule has 0 aliphatic rings. The lowest BCUT2D eigenvalue weighted by Gasteiger charge is -2.08. The number of rotatable bonds is 2. The molecule has 0 heterocycles. The highest BCUT2D eigenvalue weighted by molar-refractivity contribution is 7.90. The van der Waals surface area contributed by atoms with Gasteiger partial charge in [0.1, 0.15) is 0 Å². The highest BCUT2D eigenvalue weighted by atomic mass is 32.2. The van der Waals surface area contributed by atoms with Crippen molar-refractivity contribution in [3.63, 3.8) is 0 Å². The summed E-state index contributed by atoms with van der Waals surface area (Å²) in [6.45, 7) is 0. The van der Waals surface area contributed by atoms with Crippen LogP contribution in [0.2, 0.25) is 0 Å². The molecule has 7 nitrogen and oxygen atoms in total. The Labute approximate surface area is 110 Å². The van der Waals surface area contributed by atoms with Crippen molar-refractivity contribution in [1.29, 1.82) is 0 Å². The molecule has 0 unspecified atom stereocenters. The maximum atomic E-state index is 11.5. The predicted octanol–water partition coefficient (Wildman–Crippen LogP) is -0.283. The topological polar surface area (TPSA) is 146 Å². The smallest absolute Gasteiger partial charge is 0.238 e. The van der Waals surface area contributed by atoms with Crippen LogP contribution in [0.5, 0.6) is 0 Å². The van der Waals surface area contributed by atoms with Crippen LogP contribution in [0.4, 0.5) is 5.69 Å².